The van der Waals surface area contributed by atoms with Gasteiger partial charge >= 0.3 is 0 Å². The van der Waals surface area contributed by atoms with Crippen molar-refractivity contribution in [2.24, 2.45) is 0 Å². The van der Waals surface area contributed by atoms with Gasteiger partial charge in [0.05, 0.1) is 11.5 Å². The number of sulfonamides is 1. The maximum atomic E-state index is 11.8. The summed E-state index contributed by atoms with van der Waals surface area (Å²) in [6.45, 7) is 1.74. The fraction of sp³-hybridized carbons (Fsp3) is 0.333. The number of benzene rings is 1. The van der Waals surface area contributed by atoms with Crippen molar-refractivity contribution in [2.45, 2.75) is 16.7 Å². The lowest BCUT2D eigenvalue weighted by atomic mass is 10.4. The van der Waals surface area contributed by atoms with E-state index in [0.29, 0.717) is 0 Å². The van der Waals surface area contributed by atoms with Crippen LogP contribution in [0.5, 0.6) is 0 Å². The molecule has 0 aliphatic heterocycles. The molecule has 1 aromatic carbocycles. The average molecular weight is 279 g/mol. The van der Waals surface area contributed by atoms with E-state index >= 15 is 0 Å². The van der Waals surface area contributed by atoms with Crippen LogP contribution in [0.25, 0.3) is 0 Å². The van der Waals surface area contributed by atoms with E-state index in [1.807, 2.05) is 4.89 Å². The van der Waals surface area contributed by atoms with Gasteiger partial charge in [-0.1, -0.05) is 17.0 Å². The highest BCUT2D eigenvalue weighted by atomic mass is 32.2. The summed E-state index contributed by atoms with van der Waals surface area (Å²) in [6, 6.07) is 5.33. The highest BCUT2D eigenvalue weighted by Gasteiger charge is 2.23. The fourth-order valence-corrected chi connectivity index (χ4v) is 3.66. The lowest BCUT2D eigenvalue weighted by Gasteiger charge is -2.09. The van der Waals surface area contributed by atoms with Crippen LogP contribution in [0.3, 0.4) is 0 Å². The first-order valence-electron chi connectivity index (χ1n) is 4.71. The zero-order valence-corrected chi connectivity index (χ0v) is 11.0. The minimum Gasteiger partial charge on any atom is -0.287 e. The van der Waals surface area contributed by atoms with Crippen LogP contribution < -0.4 is 4.89 Å². The van der Waals surface area contributed by atoms with Gasteiger partial charge in [0.1, 0.15) is 4.90 Å². The summed E-state index contributed by atoms with van der Waals surface area (Å²) in [4.78, 5) is 5.85. The van der Waals surface area contributed by atoms with Gasteiger partial charge in [-0.05, 0) is 19.1 Å². The third-order valence-corrected chi connectivity index (χ3v) is 4.41. The quantitative estimate of drug-likeness (QED) is 0.784. The van der Waals surface area contributed by atoms with Gasteiger partial charge in [-0.2, -0.15) is 0 Å². The molecule has 6 nitrogen and oxygen atoms in total. The molecule has 1 aromatic rings. The highest BCUT2D eigenvalue weighted by Crippen LogP contribution is 2.20. The molecule has 0 unspecified atom stereocenters. The standard InChI is InChI=1S/C9H13NO5S2/c1-3-15-10-17(13,14)9-7-5-4-6-8(9)16(2,11)12/h4-7,10H,3H2,1-2H3. The van der Waals surface area contributed by atoms with Gasteiger partial charge in [0.25, 0.3) is 10.0 Å². The van der Waals surface area contributed by atoms with Crippen LogP contribution in [-0.2, 0) is 24.7 Å². The molecule has 0 aromatic heterocycles. The monoisotopic (exact) mass is 279 g/mol. The summed E-state index contributed by atoms with van der Waals surface area (Å²) >= 11 is 0. The van der Waals surface area contributed by atoms with E-state index in [-0.39, 0.29) is 16.4 Å². The summed E-state index contributed by atoms with van der Waals surface area (Å²) in [5.74, 6) is 0. The Balaban J connectivity index is 3.33. The van der Waals surface area contributed by atoms with Crippen LogP contribution in [0.1, 0.15) is 6.92 Å². The first-order chi connectivity index (χ1) is 7.79. The van der Waals surface area contributed by atoms with Crippen molar-refractivity contribution in [3.63, 3.8) is 0 Å². The second kappa shape index (κ2) is 5.13. The summed E-state index contributed by atoms with van der Waals surface area (Å²) in [5, 5.41) is 0. The Morgan fingerprint density at radius 1 is 1.12 bits per heavy atom. The van der Waals surface area contributed by atoms with E-state index in [0.717, 1.165) is 6.26 Å². The van der Waals surface area contributed by atoms with Gasteiger partial charge in [0.2, 0.25) is 0 Å². The minimum absolute atomic E-state index is 0.139. The summed E-state index contributed by atoms with van der Waals surface area (Å²) in [5.41, 5.74) is 0. The molecule has 0 fully saturated rings. The molecule has 0 saturated heterocycles. The second-order valence-electron chi connectivity index (χ2n) is 3.24. The molecule has 8 heteroatoms. The van der Waals surface area contributed by atoms with Crippen LogP contribution in [0.4, 0.5) is 0 Å². The van der Waals surface area contributed by atoms with Gasteiger partial charge in [0.15, 0.2) is 9.84 Å². The van der Waals surface area contributed by atoms with Crippen molar-refractivity contribution < 1.29 is 21.7 Å². The zero-order valence-electron chi connectivity index (χ0n) is 9.37. The molecule has 0 radical (unpaired) electrons. The molecule has 0 heterocycles. The maximum Gasteiger partial charge on any atom is 0.263 e. The Labute approximate surface area is 101 Å². The number of rotatable bonds is 5. The molecule has 0 spiro atoms. The van der Waals surface area contributed by atoms with E-state index in [2.05, 4.69) is 4.84 Å². The fourth-order valence-electron chi connectivity index (χ4n) is 1.16. The third kappa shape index (κ3) is 3.50. The first-order valence-corrected chi connectivity index (χ1v) is 8.09. The minimum atomic E-state index is -3.99. The number of hydrogen-bond acceptors (Lipinski definition) is 5. The molecule has 0 atom stereocenters. The predicted molar refractivity (Wildman–Crippen MR) is 61.5 cm³/mol. The molecule has 0 amide bonds. The van der Waals surface area contributed by atoms with Gasteiger partial charge in [-0.15, -0.1) is 0 Å². The highest BCUT2D eigenvalue weighted by molar-refractivity contribution is 7.93. The Bertz CT molecular complexity index is 592. The Hall–Kier alpha value is -0.960. The number of sulfone groups is 1. The number of nitrogens with one attached hydrogen (secondary N) is 1. The molecule has 1 N–H and O–H groups in total. The van der Waals surface area contributed by atoms with E-state index < -0.39 is 19.9 Å². The average Bonchev–Trinajstić information content (AvgIpc) is 2.25. The predicted octanol–water partition coefficient (Wildman–Crippen LogP) is 0.320. The van der Waals surface area contributed by atoms with E-state index in [1.165, 1.54) is 24.3 Å². The molecule has 17 heavy (non-hydrogen) atoms. The Morgan fingerprint density at radius 3 is 2.12 bits per heavy atom. The van der Waals surface area contributed by atoms with Crippen molar-refractivity contribution in [2.75, 3.05) is 12.9 Å². The van der Waals surface area contributed by atoms with Gasteiger partial charge in [-0.25, -0.2) is 16.8 Å². The summed E-state index contributed by atoms with van der Waals surface area (Å²) in [6.07, 6.45) is 0.946. The van der Waals surface area contributed by atoms with Crippen LogP contribution in [0, 0.1) is 0 Å². The van der Waals surface area contributed by atoms with Crippen molar-refractivity contribution in [3.8, 4) is 0 Å². The summed E-state index contributed by atoms with van der Waals surface area (Å²) < 4.78 is 46.4. The van der Waals surface area contributed by atoms with Gasteiger partial charge < -0.3 is 0 Å². The van der Waals surface area contributed by atoms with Crippen LogP contribution in [0.2, 0.25) is 0 Å². The molecule has 0 saturated carbocycles. The third-order valence-electron chi connectivity index (χ3n) is 1.85. The van der Waals surface area contributed by atoms with Crippen molar-refractivity contribution >= 4 is 19.9 Å². The van der Waals surface area contributed by atoms with E-state index in [9.17, 15) is 16.8 Å². The molecular formula is C9H13NO5S2. The molecule has 96 valence electrons. The number of hydrogen-bond donors (Lipinski definition) is 1. The zero-order chi connectivity index (χ0) is 13.1. The molecule has 0 aliphatic rings. The normalized spacial score (nSPS) is 12.6. The Kier molecular flexibility index (Phi) is 4.26. The lowest BCUT2D eigenvalue weighted by molar-refractivity contribution is 0.105. The first kappa shape index (κ1) is 14.1. The van der Waals surface area contributed by atoms with Crippen LogP contribution in [-0.4, -0.2) is 29.7 Å². The largest absolute Gasteiger partial charge is 0.287 e. The van der Waals surface area contributed by atoms with Gasteiger partial charge in [-0.3, -0.25) is 4.84 Å². The van der Waals surface area contributed by atoms with E-state index in [1.54, 1.807) is 6.92 Å². The lowest BCUT2D eigenvalue weighted by Crippen LogP contribution is -2.25. The SMILES string of the molecule is CCONS(=O)(=O)c1ccccc1S(C)(=O)=O. The van der Waals surface area contributed by atoms with Crippen LogP contribution in [0.15, 0.2) is 34.1 Å². The smallest absolute Gasteiger partial charge is 0.263 e. The maximum absolute atomic E-state index is 11.8. The summed E-state index contributed by atoms with van der Waals surface area (Å²) in [7, 11) is -7.60. The van der Waals surface area contributed by atoms with Crippen LogP contribution >= 0.6 is 0 Å². The topological polar surface area (TPSA) is 89.5 Å². The van der Waals surface area contributed by atoms with Crippen molar-refractivity contribution in [3.05, 3.63) is 24.3 Å². The molecule has 0 aliphatic carbocycles. The van der Waals surface area contributed by atoms with Gasteiger partial charge in [0, 0.05) is 6.26 Å². The molecule has 1 rings (SSSR count). The second-order valence-corrected chi connectivity index (χ2v) is 6.84. The van der Waals surface area contributed by atoms with Crippen molar-refractivity contribution in [1.82, 2.24) is 4.89 Å². The Morgan fingerprint density at radius 2 is 1.65 bits per heavy atom. The van der Waals surface area contributed by atoms with E-state index in [4.69, 9.17) is 0 Å². The van der Waals surface area contributed by atoms with Crippen molar-refractivity contribution in [1.29, 1.82) is 0 Å². The molecular weight excluding hydrogens is 266 g/mol. The molecule has 0 bridgehead atoms.